The third-order valence-corrected chi connectivity index (χ3v) is 4.45. The summed E-state index contributed by atoms with van der Waals surface area (Å²) in [5.74, 6) is 0.0375. The highest BCUT2D eigenvalue weighted by Gasteiger charge is 2.13. The highest BCUT2D eigenvalue weighted by molar-refractivity contribution is 8.00. The predicted octanol–water partition coefficient (Wildman–Crippen LogP) is 4.45. The summed E-state index contributed by atoms with van der Waals surface area (Å²) >= 11 is 7.38. The molecule has 0 fully saturated rings. The van der Waals surface area contributed by atoms with Gasteiger partial charge in [0.25, 0.3) is 0 Å². The number of halogens is 1. The van der Waals surface area contributed by atoms with E-state index in [4.69, 9.17) is 11.6 Å². The fraction of sp³-hybridized carbons (Fsp3) is 0.235. The highest BCUT2D eigenvalue weighted by Crippen LogP contribution is 2.24. The first-order valence-electron chi connectivity index (χ1n) is 6.80. The van der Waals surface area contributed by atoms with E-state index in [1.54, 1.807) is 0 Å². The molecule has 0 aliphatic carbocycles. The zero-order valence-corrected chi connectivity index (χ0v) is 13.7. The van der Waals surface area contributed by atoms with Gasteiger partial charge in [-0.3, -0.25) is 4.79 Å². The molecule has 110 valence electrons. The van der Waals surface area contributed by atoms with Crippen LogP contribution in [0, 0.1) is 6.92 Å². The van der Waals surface area contributed by atoms with E-state index in [-0.39, 0.29) is 11.2 Å². The Bertz CT molecular complexity index is 595. The van der Waals surface area contributed by atoms with Gasteiger partial charge in [0.2, 0.25) is 5.91 Å². The second kappa shape index (κ2) is 7.53. The lowest BCUT2D eigenvalue weighted by atomic mass is 10.1. The van der Waals surface area contributed by atoms with Crippen molar-refractivity contribution in [1.82, 2.24) is 5.32 Å². The third-order valence-electron chi connectivity index (χ3n) is 3.08. The number of carbonyl (C=O) groups excluding carboxylic acids is 1. The molecule has 2 aromatic carbocycles. The minimum Gasteiger partial charge on any atom is -0.351 e. The smallest absolute Gasteiger partial charge is 0.233 e. The van der Waals surface area contributed by atoms with Crippen molar-refractivity contribution in [2.75, 3.05) is 0 Å². The van der Waals surface area contributed by atoms with Crippen LogP contribution in [0.5, 0.6) is 0 Å². The Morgan fingerprint density at radius 3 is 2.38 bits per heavy atom. The van der Waals surface area contributed by atoms with E-state index in [0.717, 1.165) is 10.5 Å². The molecule has 0 radical (unpaired) electrons. The summed E-state index contributed by atoms with van der Waals surface area (Å²) in [6.45, 7) is 4.52. The molecule has 0 saturated carbocycles. The number of amides is 1. The lowest BCUT2D eigenvalue weighted by Gasteiger charge is -2.12. The van der Waals surface area contributed by atoms with Crippen molar-refractivity contribution in [2.24, 2.45) is 0 Å². The standard InChI is InChI=1S/C17H18ClNOS/c1-12-3-5-14(6-4-12)11-19-17(20)13(2)21-16-9-7-15(18)8-10-16/h3-10,13H,11H2,1-2H3,(H,19,20)/t13-/m1/s1. The van der Waals surface area contributed by atoms with Crippen molar-refractivity contribution in [3.63, 3.8) is 0 Å². The summed E-state index contributed by atoms with van der Waals surface area (Å²) in [7, 11) is 0. The van der Waals surface area contributed by atoms with E-state index in [9.17, 15) is 4.79 Å². The van der Waals surface area contributed by atoms with Gasteiger partial charge in [0.05, 0.1) is 5.25 Å². The number of aryl methyl sites for hydroxylation is 1. The number of hydrogen-bond acceptors (Lipinski definition) is 2. The molecular weight excluding hydrogens is 302 g/mol. The molecule has 4 heteroatoms. The van der Waals surface area contributed by atoms with Crippen LogP contribution in [0.15, 0.2) is 53.4 Å². The Morgan fingerprint density at radius 2 is 1.76 bits per heavy atom. The first-order chi connectivity index (χ1) is 10.0. The van der Waals surface area contributed by atoms with Crippen LogP contribution in [0.4, 0.5) is 0 Å². The summed E-state index contributed by atoms with van der Waals surface area (Å²) in [5, 5.41) is 3.53. The first-order valence-corrected chi connectivity index (χ1v) is 8.06. The van der Waals surface area contributed by atoms with Crippen molar-refractivity contribution in [2.45, 2.75) is 30.5 Å². The minimum absolute atomic E-state index is 0.0375. The molecule has 0 aliphatic heterocycles. The van der Waals surface area contributed by atoms with E-state index >= 15 is 0 Å². The van der Waals surface area contributed by atoms with Crippen LogP contribution < -0.4 is 5.32 Å². The summed E-state index contributed by atoms with van der Waals surface area (Å²) in [4.78, 5) is 13.1. The van der Waals surface area contributed by atoms with Gasteiger partial charge in [-0.2, -0.15) is 0 Å². The Labute approximate surface area is 134 Å². The Hall–Kier alpha value is -1.45. The highest BCUT2D eigenvalue weighted by atomic mass is 35.5. The number of hydrogen-bond donors (Lipinski definition) is 1. The van der Waals surface area contributed by atoms with E-state index in [1.165, 1.54) is 17.3 Å². The van der Waals surface area contributed by atoms with Gasteiger partial charge in [-0.05, 0) is 43.7 Å². The second-order valence-corrected chi connectivity index (χ2v) is 6.77. The van der Waals surface area contributed by atoms with Crippen molar-refractivity contribution in [1.29, 1.82) is 0 Å². The average Bonchev–Trinajstić information content (AvgIpc) is 2.48. The SMILES string of the molecule is Cc1ccc(CNC(=O)[C@@H](C)Sc2ccc(Cl)cc2)cc1. The molecule has 0 aliphatic rings. The maximum Gasteiger partial charge on any atom is 0.233 e. The van der Waals surface area contributed by atoms with Crippen LogP contribution in [-0.4, -0.2) is 11.2 Å². The molecule has 2 rings (SSSR count). The summed E-state index contributed by atoms with van der Waals surface area (Å²) in [5.41, 5.74) is 2.33. The summed E-state index contributed by atoms with van der Waals surface area (Å²) in [6.07, 6.45) is 0. The number of thioether (sulfide) groups is 1. The van der Waals surface area contributed by atoms with Gasteiger partial charge in [-0.15, -0.1) is 11.8 Å². The molecular formula is C17H18ClNOS. The van der Waals surface area contributed by atoms with Gasteiger partial charge in [0.1, 0.15) is 0 Å². The molecule has 21 heavy (non-hydrogen) atoms. The van der Waals surface area contributed by atoms with E-state index in [2.05, 4.69) is 5.32 Å². The van der Waals surface area contributed by atoms with Crippen LogP contribution in [-0.2, 0) is 11.3 Å². The van der Waals surface area contributed by atoms with Gasteiger partial charge in [0, 0.05) is 16.5 Å². The summed E-state index contributed by atoms with van der Waals surface area (Å²) in [6, 6.07) is 15.7. The zero-order valence-electron chi connectivity index (χ0n) is 12.1. The van der Waals surface area contributed by atoms with Gasteiger partial charge in [0.15, 0.2) is 0 Å². The molecule has 1 N–H and O–H groups in total. The van der Waals surface area contributed by atoms with Crippen LogP contribution in [0.3, 0.4) is 0 Å². The number of carbonyl (C=O) groups is 1. The third kappa shape index (κ3) is 5.10. The van der Waals surface area contributed by atoms with Gasteiger partial charge in [-0.25, -0.2) is 0 Å². The topological polar surface area (TPSA) is 29.1 Å². The van der Waals surface area contributed by atoms with E-state index in [1.807, 2.05) is 62.4 Å². The second-order valence-electron chi connectivity index (χ2n) is 4.92. The van der Waals surface area contributed by atoms with Crippen LogP contribution in [0.25, 0.3) is 0 Å². The predicted molar refractivity (Wildman–Crippen MR) is 89.8 cm³/mol. The van der Waals surface area contributed by atoms with Gasteiger partial charge >= 0.3 is 0 Å². The molecule has 0 heterocycles. The molecule has 0 unspecified atom stereocenters. The monoisotopic (exact) mass is 319 g/mol. The maximum atomic E-state index is 12.1. The van der Waals surface area contributed by atoms with Crippen molar-refractivity contribution < 1.29 is 4.79 Å². The average molecular weight is 320 g/mol. The van der Waals surface area contributed by atoms with Gasteiger partial charge in [-0.1, -0.05) is 41.4 Å². The molecule has 1 amide bonds. The quantitative estimate of drug-likeness (QED) is 0.825. The summed E-state index contributed by atoms with van der Waals surface area (Å²) < 4.78 is 0. The lowest BCUT2D eigenvalue weighted by Crippen LogP contribution is -2.30. The van der Waals surface area contributed by atoms with Gasteiger partial charge < -0.3 is 5.32 Å². The Kier molecular flexibility index (Phi) is 5.71. The molecule has 0 saturated heterocycles. The first kappa shape index (κ1) is 15.9. The van der Waals surface area contributed by atoms with Crippen molar-refractivity contribution in [3.8, 4) is 0 Å². The Balaban J connectivity index is 1.84. The van der Waals surface area contributed by atoms with Crippen LogP contribution in [0.2, 0.25) is 5.02 Å². The van der Waals surface area contributed by atoms with E-state index < -0.39 is 0 Å². The number of benzene rings is 2. The zero-order chi connectivity index (χ0) is 15.2. The van der Waals surface area contributed by atoms with Crippen LogP contribution in [0.1, 0.15) is 18.1 Å². The molecule has 2 aromatic rings. The largest absolute Gasteiger partial charge is 0.351 e. The van der Waals surface area contributed by atoms with Crippen molar-refractivity contribution in [3.05, 3.63) is 64.7 Å². The molecule has 0 bridgehead atoms. The fourth-order valence-electron chi connectivity index (χ4n) is 1.81. The Morgan fingerprint density at radius 1 is 1.14 bits per heavy atom. The molecule has 1 atom stereocenters. The number of rotatable bonds is 5. The van der Waals surface area contributed by atoms with Crippen LogP contribution >= 0.6 is 23.4 Å². The maximum absolute atomic E-state index is 12.1. The molecule has 2 nitrogen and oxygen atoms in total. The number of nitrogens with one attached hydrogen (secondary N) is 1. The van der Waals surface area contributed by atoms with Crippen molar-refractivity contribution >= 4 is 29.3 Å². The van der Waals surface area contributed by atoms with E-state index in [0.29, 0.717) is 11.6 Å². The normalized spacial score (nSPS) is 12.0. The lowest BCUT2D eigenvalue weighted by molar-refractivity contribution is -0.120. The molecule has 0 aromatic heterocycles. The fourth-order valence-corrected chi connectivity index (χ4v) is 2.83. The molecule has 0 spiro atoms. The minimum atomic E-state index is -0.142.